The molecule has 3 aromatic rings. The Balaban J connectivity index is 1.95. The third-order valence-electron chi connectivity index (χ3n) is 6.63. The first-order valence-corrected chi connectivity index (χ1v) is 13.3. The zero-order valence-corrected chi connectivity index (χ0v) is 17.4. The topological polar surface area (TPSA) is 20.2 Å². The third-order valence-corrected chi connectivity index (χ3v) is 10.2. The molecule has 0 radical (unpaired) electrons. The molecule has 138 valence electrons. The van der Waals surface area contributed by atoms with Crippen LogP contribution < -0.4 is 0 Å². The molecule has 0 aliphatic heterocycles. The van der Waals surface area contributed by atoms with Gasteiger partial charge in [0.05, 0.1) is 14.2 Å². The largest absolute Gasteiger partial charge is 0.388 e. The van der Waals surface area contributed by atoms with Crippen LogP contribution in [0.1, 0.15) is 29.2 Å². The van der Waals surface area contributed by atoms with E-state index in [1.165, 1.54) is 11.1 Å². The molecular formula is C25H28OSi. The van der Waals surface area contributed by atoms with E-state index in [9.17, 15) is 5.11 Å². The van der Waals surface area contributed by atoms with E-state index in [1.807, 2.05) is 18.2 Å². The van der Waals surface area contributed by atoms with Gasteiger partial charge in [0.2, 0.25) is 0 Å². The lowest BCUT2D eigenvalue weighted by Crippen LogP contribution is -2.40. The van der Waals surface area contributed by atoms with Crippen LogP contribution in [0.15, 0.2) is 91.0 Å². The molecule has 2 atom stereocenters. The summed E-state index contributed by atoms with van der Waals surface area (Å²) in [6.07, 6.45) is 0.533. The summed E-state index contributed by atoms with van der Waals surface area (Å²) in [7, 11) is -1.77. The zero-order chi connectivity index (χ0) is 19.1. The molecule has 0 saturated heterocycles. The Morgan fingerprint density at radius 3 is 1.52 bits per heavy atom. The number of aliphatic hydroxyl groups is 1. The van der Waals surface area contributed by atoms with E-state index >= 15 is 0 Å². The van der Waals surface area contributed by atoms with Crippen molar-refractivity contribution in [1.82, 2.24) is 0 Å². The molecule has 1 aliphatic rings. The van der Waals surface area contributed by atoms with E-state index in [-0.39, 0.29) is 10.5 Å². The minimum Gasteiger partial charge on any atom is -0.388 e. The molecule has 0 amide bonds. The fraction of sp³-hybridized carbons (Fsp3) is 0.280. The van der Waals surface area contributed by atoms with Crippen molar-refractivity contribution < 1.29 is 5.11 Å². The summed E-state index contributed by atoms with van der Waals surface area (Å²) >= 11 is 0. The minimum atomic E-state index is -1.77. The molecular weight excluding hydrogens is 344 g/mol. The van der Waals surface area contributed by atoms with Crippen LogP contribution in [0.2, 0.25) is 24.7 Å². The van der Waals surface area contributed by atoms with Crippen molar-refractivity contribution in [1.29, 1.82) is 0 Å². The number of hydrogen-bond donors (Lipinski definition) is 1. The molecule has 1 N–H and O–H groups in total. The Hall–Kier alpha value is -2.16. The monoisotopic (exact) mass is 372 g/mol. The molecule has 2 heteroatoms. The van der Waals surface area contributed by atoms with Gasteiger partial charge in [0.1, 0.15) is 0 Å². The van der Waals surface area contributed by atoms with Crippen molar-refractivity contribution in [3.63, 3.8) is 0 Å². The summed E-state index contributed by atoms with van der Waals surface area (Å²) in [5.41, 5.74) is 3.56. The van der Waals surface area contributed by atoms with E-state index in [4.69, 9.17) is 0 Å². The minimum absolute atomic E-state index is 0.130. The third kappa shape index (κ3) is 2.62. The lowest BCUT2D eigenvalue weighted by Gasteiger charge is -2.40. The lowest BCUT2D eigenvalue weighted by molar-refractivity contribution is 0.149. The standard InChI is InChI=1S/C25H28OSi/c1-27(2,3)25(23(26)20-13-7-4-8-14-20)19-24(25,21-15-9-5-10-16-21)22-17-11-6-12-18-22/h4-18,23,26H,19H2,1-3H3/t23-,25+/m1/s1. The molecule has 1 aliphatic carbocycles. The van der Waals surface area contributed by atoms with Crippen molar-refractivity contribution in [2.24, 2.45) is 0 Å². The number of rotatable bonds is 5. The molecule has 1 fully saturated rings. The number of aliphatic hydroxyl groups excluding tert-OH is 1. The maximum Gasteiger partial charge on any atom is 0.0834 e. The molecule has 0 aromatic heterocycles. The van der Waals surface area contributed by atoms with E-state index in [2.05, 4.69) is 92.4 Å². The van der Waals surface area contributed by atoms with Gasteiger partial charge in [0.25, 0.3) is 0 Å². The Labute approximate surface area is 163 Å². The van der Waals surface area contributed by atoms with Crippen molar-refractivity contribution >= 4 is 8.07 Å². The first-order chi connectivity index (χ1) is 12.9. The highest BCUT2D eigenvalue weighted by Gasteiger charge is 2.76. The van der Waals surface area contributed by atoms with Crippen molar-refractivity contribution in [2.45, 2.75) is 42.6 Å². The van der Waals surface area contributed by atoms with Crippen LogP contribution in [-0.2, 0) is 5.41 Å². The van der Waals surface area contributed by atoms with Crippen LogP contribution in [0.5, 0.6) is 0 Å². The smallest absolute Gasteiger partial charge is 0.0834 e. The summed E-state index contributed by atoms with van der Waals surface area (Å²) in [5.74, 6) is 0. The van der Waals surface area contributed by atoms with Gasteiger partial charge in [0, 0.05) is 10.5 Å². The quantitative estimate of drug-likeness (QED) is 0.530. The Bertz CT molecular complexity index is 860. The van der Waals surface area contributed by atoms with E-state index in [0.29, 0.717) is 0 Å². The van der Waals surface area contributed by atoms with Gasteiger partial charge in [-0.05, 0) is 23.1 Å². The predicted octanol–water partition coefficient (Wildman–Crippen LogP) is 6.19. The molecule has 3 aromatic carbocycles. The lowest BCUT2D eigenvalue weighted by atomic mass is 9.83. The maximum atomic E-state index is 11.7. The van der Waals surface area contributed by atoms with Crippen molar-refractivity contribution in [3.05, 3.63) is 108 Å². The molecule has 0 unspecified atom stereocenters. The fourth-order valence-corrected chi connectivity index (χ4v) is 8.62. The SMILES string of the molecule is C[Si](C)(C)[C@]1([C@H](O)c2ccccc2)CC1(c1ccccc1)c1ccccc1. The molecule has 0 bridgehead atoms. The van der Waals surface area contributed by atoms with Crippen LogP contribution in [0.3, 0.4) is 0 Å². The normalized spacial score (nSPS) is 22.2. The molecule has 27 heavy (non-hydrogen) atoms. The summed E-state index contributed by atoms with van der Waals surface area (Å²) in [6.45, 7) is 7.23. The van der Waals surface area contributed by atoms with Crippen LogP contribution >= 0.6 is 0 Å². The summed E-state index contributed by atoms with van der Waals surface area (Å²) in [5, 5.41) is 11.6. The maximum absolute atomic E-state index is 11.7. The average Bonchev–Trinajstić information content (AvgIpc) is 3.43. The van der Waals surface area contributed by atoms with Crippen molar-refractivity contribution in [3.8, 4) is 0 Å². The van der Waals surface area contributed by atoms with Crippen LogP contribution in [0, 0.1) is 0 Å². The molecule has 1 nitrogen and oxygen atoms in total. The highest BCUT2D eigenvalue weighted by molar-refractivity contribution is 6.80. The van der Waals surface area contributed by atoms with Crippen LogP contribution in [0.4, 0.5) is 0 Å². The second-order valence-electron chi connectivity index (χ2n) is 8.85. The second-order valence-corrected chi connectivity index (χ2v) is 14.2. The highest BCUT2D eigenvalue weighted by atomic mass is 28.3. The average molecular weight is 373 g/mol. The van der Waals surface area contributed by atoms with Crippen molar-refractivity contribution in [2.75, 3.05) is 0 Å². The first kappa shape index (κ1) is 18.2. The molecule has 0 spiro atoms. The first-order valence-electron chi connectivity index (χ1n) is 9.77. The molecule has 1 saturated carbocycles. The van der Waals surface area contributed by atoms with Crippen LogP contribution in [-0.4, -0.2) is 13.2 Å². The summed E-state index contributed by atoms with van der Waals surface area (Å²) < 4.78 is 0. The van der Waals surface area contributed by atoms with Gasteiger partial charge in [-0.25, -0.2) is 0 Å². The van der Waals surface area contributed by atoms with Gasteiger partial charge in [-0.15, -0.1) is 0 Å². The zero-order valence-electron chi connectivity index (χ0n) is 16.4. The number of hydrogen-bond acceptors (Lipinski definition) is 1. The predicted molar refractivity (Wildman–Crippen MR) is 116 cm³/mol. The Morgan fingerprint density at radius 1 is 0.704 bits per heavy atom. The van der Waals surface area contributed by atoms with Gasteiger partial charge in [0.15, 0.2) is 0 Å². The highest BCUT2D eigenvalue weighted by Crippen LogP contribution is 2.82. The van der Waals surface area contributed by atoms with E-state index in [0.717, 1.165) is 12.0 Å². The number of benzene rings is 3. The van der Waals surface area contributed by atoms with E-state index < -0.39 is 14.2 Å². The summed E-state index contributed by atoms with van der Waals surface area (Å²) in [4.78, 5) is 0. The second kappa shape index (κ2) is 6.47. The Morgan fingerprint density at radius 2 is 1.11 bits per heavy atom. The molecule has 0 heterocycles. The van der Waals surface area contributed by atoms with Gasteiger partial charge in [-0.2, -0.15) is 0 Å². The van der Waals surface area contributed by atoms with Crippen LogP contribution in [0.25, 0.3) is 0 Å². The van der Waals surface area contributed by atoms with Gasteiger partial charge in [-0.1, -0.05) is 111 Å². The summed E-state index contributed by atoms with van der Waals surface area (Å²) in [6, 6.07) is 31.9. The Kier molecular flexibility index (Phi) is 4.36. The molecule has 4 rings (SSSR count). The van der Waals surface area contributed by atoms with Gasteiger partial charge in [-0.3, -0.25) is 0 Å². The van der Waals surface area contributed by atoms with E-state index in [1.54, 1.807) is 0 Å². The van der Waals surface area contributed by atoms with Gasteiger partial charge < -0.3 is 5.11 Å². The fourth-order valence-electron chi connectivity index (χ4n) is 5.27. The van der Waals surface area contributed by atoms with Gasteiger partial charge >= 0.3 is 0 Å².